The molecule has 0 amide bonds. The van der Waals surface area contributed by atoms with E-state index in [1.165, 1.54) is 0 Å². The lowest BCUT2D eigenvalue weighted by molar-refractivity contribution is -0.0487. The van der Waals surface area contributed by atoms with E-state index in [0.717, 1.165) is 13.1 Å². The Morgan fingerprint density at radius 1 is 1.50 bits per heavy atom. The van der Waals surface area contributed by atoms with Gasteiger partial charge in [-0.2, -0.15) is 5.26 Å². The van der Waals surface area contributed by atoms with Gasteiger partial charge in [0.05, 0.1) is 12.2 Å². The molecule has 1 aliphatic heterocycles. The zero-order valence-electron chi connectivity index (χ0n) is 8.82. The molecule has 0 spiro atoms. The van der Waals surface area contributed by atoms with Crippen molar-refractivity contribution in [3.63, 3.8) is 0 Å². The standard InChI is InChI=1S/C9H16N4O/c1-7-4-13(5-8(2)14-7)9(11-3)12-6-10/h7-8H,4-5H2,1-3H3,(H,11,12)/t7-,8-/m1/s1. The summed E-state index contributed by atoms with van der Waals surface area (Å²) in [6.45, 7) is 5.57. The van der Waals surface area contributed by atoms with Crippen LogP contribution in [0.1, 0.15) is 13.8 Å². The molecule has 0 aliphatic carbocycles. The van der Waals surface area contributed by atoms with Crippen LogP contribution in [0.4, 0.5) is 0 Å². The van der Waals surface area contributed by atoms with E-state index in [9.17, 15) is 0 Å². The Hall–Kier alpha value is -1.28. The lowest BCUT2D eigenvalue weighted by atomic mass is 10.2. The molecule has 0 radical (unpaired) electrons. The third kappa shape index (κ3) is 2.60. The van der Waals surface area contributed by atoms with E-state index in [1.807, 2.05) is 24.9 Å². The number of ether oxygens (including phenoxy) is 1. The summed E-state index contributed by atoms with van der Waals surface area (Å²) in [6.07, 6.45) is 2.24. The first kappa shape index (κ1) is 10.8. The molecule has 5 heteroatoms. The number of nitriles is 1. The van der Waals surface area contributed by atoms with Crippen LogP contribution in [0.25, 0.3) is 0 Å². The number of morpholine rings is 1. The highest BCUT2D eigenvalue weighted by molar-refractivity contribution is 5.81. The molecule has 1 N–H and O–H groups in total. The molecule has 78 valence electrons. The molecule has 0 bridgehead atoms. The van der Waals surface area contributed by atoms with Crippen LogP contribution in [0.15, 0.2) is 4.99 Å². The lowest BCUT2D eigenvalue weighted by Gasteiger charge is -2.36. The Kier molecular flexibility index (Phi) is 3.72. The van der Waals surface area contributed by atoms with Crippen molar-refractivity contribution in [2.24, 2.45) is 4.99 Å². The third-order valence-corrected chi connectivity index (χ3v) is 2.10. The number of aliphatic imine (C=N–C) groups is 1. The zero-order valence-corrected chi connectivity index (χ0v) is 8.82. The second kappa shape index (κ2) is 4.82. The summed E-state index contributed by atoms with van der Waals surface area (Å²) in [5, 5.41) is 11.1. The molecule has 1 saturated heterocycles. The van der Waals surface area contributed by atoms with Gasteiger partial charge in [-0.05, 0) is 13.8 Å². The van der Waals surface area contributed by atoms with Crippen molar-refractivity contribution in [2.75, 3.05) is 20.1 Å². The summed E-state index contributed by atoms with van der Waals surface area (Å²) in [5.74, 6) is 0.620. The van der Waals surface area contributed by atoms with Crippen LogP contribution in [0.5, 0.6) is 0 Å². The second-order valence-electron chi connectivity index (χ2n) is 3.45. The Bertz CT molecular complexity index is 248. The fraction of sp³-hybridized carbons (Fsp3) is 0.778. The summed E-state index contributed by atoms with van der Waals surface area (Å²) in [6, 6.07) is 0. The molecular formula is C9H16N4O. The zero-order chi connectivity index (χ0) is 10.6. The first-order chi connectivity index (χ1) is 6.67. The van der Waals surface area contributed by atoms with E-state index in [1.54, 1.807) is 7.05 Å². The van der Waals surface area contributed by atoms with Gasteiger partial charge in [-0.25, -0.2) is 0 Å². The maximum absolute atomic E-state index is 8.53. The largest absolute Gasteiger partial charge is 0.372 e. The van der Waals surface area contributed by atoms with E-state index >= 15 is 0 Å². The summed E-state index contributed by atoms with van der Waals surface area (Å²) in [4.78, 5) is 6.05. The fourth-order valence-electron chi connectivity index (χ4n) is 1.68. The van der Waals surface area contributed by atoms with Crippen molar-refractivity contribution >= 4 is 5.96 Å². The van der Waals surface area contributed by atoms with Crippen LogP contribution >= 0.6 is 0 Å². The van der Waals surface area contributed by atoms with Crippen LogP contribution in [0.3, 0.4) is 0 Å². The number of nitrogens with one attached hydrogen (secondary N) is 1. The molecule has 0 aromatic rings. The molecule has 1 rings (SSSR count). The van der Waals surface area contributed by atoms with E-state index in [-0.39, 0.29) is 12.2 Å². The molecule has 5 nitrogen and oxygen atoms in total. The Labute approximate surface area is 84.4 Å². The first-order valence-electron chi connectivity index (χ1n) is 4.69. The summed E-state index contributed by atoms with van der Waals surface area (Å²) >= 11 is 0. The van der Waals surface area contributed by atoms with Gasteiger partial charge in [0, 0.05) is 20.1 Å². The Morgan fingerprint density at radius 3 is 2.50 bits per heavy atom. The van der Waals surface area contributed by atoms with E-state index < -0.39 is 0 Å². The van der Waals surface area contributed by atoms with Crippen molar-refractivity contribution in [3.8, 4) is 6.19 Å². The smallest absolute Gasteiger partial charge is 0.207 e. The van der Waals surface area contributed by atoms with Gasteiger partial charge in [0.2, 0.25) is 5.96 Å². The average Bonchev–Trinajstić information content (AvgIpc) is 2.12. The third-order valence-electron chi connectivity index (χ3n) is 2.10. The van der Waals surface area contributed by atoms with Gasteiger partial charge in [-0.3, -0.25) is 10.3 Å². The fourth-order valence-corrected chi connectivity index (χ4v) is 1.68. The molecule has 0 aromatic carbocycles. The minimum Gasteiger partial charge on any atom is -0.372 e. The quantitative estimate of drug-likeness (QED) is 0.259. The molecule has 2 atom stereocenters. The molecule has 14 heavy (non-hydrogen) atoms. The van der Waals surface area contributed by atoms with E-state index in [2.05, 4.69) is 10.3 Å². The van der Waals surface area contributed by atoms with Crippen molar-refractivity contribution in [1.82, 2.24) is 10.2 Å². The Balaban J connectivity index is 2.62. The molecule has 1 fully saturated rings. The summed E-state index contributed by atoms with van der Waals surface area (Å²) < 4.78 is 5.58. The molecule has 1 heterocycles. The van der Waals surface area contributed by atoms with Gasteiger partial charge in [-0.15, -0.1) is 0 Å². The highest BCUT2D eigenvalue weighted by Gasteiger charge is 2.24. The first-order valence-corrected chi connectivity index (χ1v) is 4.69. The monoisotopic (exact) mass is 196 g/mol. The predicted octanol–water partition coefficient (Wildman–Crippen LogP) is 0.152. The maximum Gasteiger partial charge on any atom is 0.207 e. The molecular weight excluding hydrogens is 180 g/mol. The Morgan fingerprint density at radius 2 is 2.07 bits per heavy atom. The molecule has 0 saturated carbocycles. The number of hydrogen-bond acceptors (Lipinski definition) is 3. The second-order valence-corrected chi connectivity index (χ2v) is 3.45. The summed E-state index contributed by atoms with van der Waals surface area (Å²) in [7, 11) is 1.67. The van der Waals surface area contributed by atoms with Crippen LogP contribution in [0.2, 0.25) is 0 Å². The normalized spacial score (nSPS) is 28.4. The van der Waals surface area contributed by atoms with Crippen LogP contribution in [0, 0.1) is 11.5 Å². The van der Waals surface area contributed by atoms with Gasteiger partial charge < -0.3 is 9.64 Å². The topological polar surface area (TPSA) is 60.7 Å². The van der Waals surface area contributed by atoms with Gasteiger partial charge in [0.15, 0.2) is 6.19 Å². The van der Waals surface area contributed by atoms with Crippen molar-refractivity contribution in [1.29, 1.82) is 5.26 Å². The van der Waals surface area contributed by atoms with Crippen molar-refractivity contribution < 1.29 is 4.74 Å². The maximum atomic E-state index is 8.53. The minimum atomic E-state index is 0.177. The minimum absolute atomic E-state index is 0.177. The average molecular weight is 196 g/mol. The van der Waals surface area contributed by atoms with Crippen LogP contribution < -0.4 is 5.32 Å². The summed E-state index contributed by atoms with van der Waals surface area (Å²) in [5.41, 5.74) is 0. The van der Waals surface area contributed by atoms with Gasteiger partial charge >= 0.3 is 0 Å². The van der Waals surface area contributed by atoms with Crippen molar-refractivity contribution in [2.45, 2.75) is 26.1 Å². The van der Waals surface area contributed by atoms with Gasteiger partial charge in [0.25, 0.3) is 0 Å². The molecule has 0 aromatic heterocycles. The number of hydrogen-bond donors (Lipinski definition) is 1. The SMILES string of the molecule is CN=C(NC#N)N1C[C@@H](C)O[C@H](C)C1. The number of rotatable bonds is 0. The number of nitrogens with zero attached hydrogens (tertiary/aromatic N) is 3. The van der Waals surface area contributed by atoms with Gasteiger partial charge in [0.1, 0.15) is 0 Å². The lowest BCUT2D eigenvalue weighted by Crippen LogP contribution is -2.51. The molecule has 0 unspecified atom stereocenters. The van der Waals surface area contributed by atoms with Crippen LogP contribution in [-0.2, 0) is 4.74 Å². The van der Waals surface area contributed by atoms with E-state index in [4.69, 9.17) is 10.00 Å². The van der Waals surface area contributed by atoms with Gasteiger partial charge in [-0.1, -0.05) is 0 Å². The highest BCUT2D eigenvalue weighted by atomic mass is 16.5. The predicted molar refractivity (Wildman–Crippen MR) is 53.7 cm³/mol. The molecule has 1 aliphatic rings. The van der Waals surface area contributed by atoms with Crippen molar-refractivity contribution in [3.05, 3.63) is 0 Å². The number of guanidine groups is 1. The van der Waals surface area contributed by atoms with E-state index in [0.29, 0.717) is 5.96 Å². The highest BCUT2D eigenvalue weighted by Crippen LogP contribution is 2.10. The van der Waals surface area contributed by atoms with Crippen LogP contribution in [-0.4, -0.2) is 43.2 Å².